The maximum atomic E-state index is 13.6. The van der Waals surface area contributed by atoms with E-state index in [9.17, 15) is 4.39 Å². The molecule has 0 saturated carbocycles. The smallest absolute Gasteiger partial charge is 0.239 e. The number of rotatable bonds is 4. The van der Waals surface area contributed by atoms with Gasteiger partial charge in [0.2, 0.25) is 5.95 Å². The normalized spacial score (nSPS) is 19.6. The number of nitrogens with two attached hydrogens (primary N) is 1. The topological polar surface area (TPSA) is 76.3 Å². The highest BCUT2D eigenvalue weighted by molar-refractivity contribution is 5.42. The van der Waals surface area contributed by atoms with Gasteiger partial charge >= 0.3 is 0 Å². The fourth-order valence-electron chi connectivity index (χ4n) is 2.12. The number of aromatic nitrogens is 2. The summed E-state index contributed by atoms with van der Waals surface area (Å²) in [6, 6.07) is 0. The average molecular weight is 255 g/mol. The van der Waals surface area contributed by atoms with Crippen LogP contribution >= 0.6 is 0 Å². The zero-order valence-corrected chi connectivity index (χ0v) is 10.4. The van der Waals surface area contributed by atoms with Crippen LogP contribution in [0.1, 0.15) is 12.8 Å². The first kappa shape index (κ1) is 13.0. The molecule has 1 atom stereocenters. The molecule has 7 heteroatoms. The van der Waals surface area contributed by atoms with Gasteiger partial charge in [-0.25, -0.2) is 15.2 Å². The van der Waals surface area contributed by atoms with Crippen molar-refractivity contribution in [1.82, 2.24) is 9.97 Å². The molecule has 0 aliphatic carbocycles. The highest BCUT2D eigenvalue weighted by atomic mass is 19.1. The van der Waals surface area contributed by atoms with Gasteiger partial charge in [0.15, 0.2) is 11.6 Å². The van der Waals surface area contributed by atoms with E-state index in [1.165, 1.54) is 0 Å². The Morgan fingerprint density at radius 1 is 1.67 bits per heavy atom. The van der Waals surface area contributed by atoms with Crippen LogP contribution in [-0.2, 0) is 4.74 Å². The van der Waals surface area contributed by atoms with Crippen molar-refractivity contribution in [2.24, 2.45) is 11.8 Å². The summed E-state index contributed by atoms with van der Waals surface area (Å²) in [4.78, 5) is 9.51. The van der Waals surface area contributed by atoms with E-state index in [0.717, 1.165) is 32.3 Å². The highest BCUT2D eigenvalue weighted by Crippen LogP contribution is 2.20. The molecule has 18 heavy (non-hydrogen) atoms. The maximum absolute atomic E-state index is 13.6. The number of nitrogens with one attached hydrogen (secondary N) is 1. The molecule has 1 aliphatic heterocycles. The van der Waals surface area contributed by atoms with Crippen LogP contribution < -0.4 is 16.2 Å². The fourth-order valence-corrected chi connectivity index (χ4v) is 2.12. The molecule has 0 bridgehead atoms. The molecule has 0 radical (unpaired) electrons. The second-order valence-corrected chi connectivity index (χ2v) is 4.47. The Bertz CT molecular complexity index is 397. The second kappa shape index (κ2) is 5.92. The summed E-state index contributed by atoms with van der Waals surface area (Å²) in [7, 11) is 1.81. The van der Waals surface area contributed by atoms with Crippen LogP contribution in [0.2, 0.25) is 0 Å². The summed E-state index contributed by atoms with van der Waals surface area (Å²) in [6.07, 6.45) is 3.27. The lowest BCUT2D eigenvalue weighted by molar-refractivity contribution is 0.0575. The molecular weight excluding hydrogens is 237 g/mol. The van der Waals surface area contributed by atoms with E-state index in [4.69, 9.17) is 10.6 Å². The third-order valence-electron chi connectivity index (χ3n) is 3.00. The summed E-state index contributed by atoms with van der Waals surface area (Å²) >= 11 is 0. The Labute approximate surface area is 105 Å². The molecule has 0 spiro atoms. The highest BCUT2D eigenvalue weighted by Gasteiger charge is 2.19. The second-order valence-electron chi connectivity index (χ2n) is 4.47. The summed E-state index contributed by atoms with van der Waals surface area (Å²) in [5, 5.41) is 0. The van der Waals surface area contributed by atoms with E-state index in [1.54, 1.807) is 11.9 Å². The molecule has 1 unspecified atom stereocenters. The van der Waals surface area contributed by atoms with Crippen molar-refractivity contribution in [1.29, 1.82) is 0 Å². The molecule has 6 nitrogen and oxygen atoms in total. The van der Waals surface area contributed by atoms with Crippen molar-refractivity contribution in [3.63, 3.8) is 0 Å². The third kappa shape index (κ3) is 3.05. The number of nitrogens with zero attached hydrogens (tertiary/aromatic N) is 3. The molecule has 0 amide bonds. The van der Waals surface area contributed by atoms with E-state index in [0.29, 0.717) is 12.5 Å². The maximum Gasteiger partial charge on any atom is 0.239 e. The Balaban J connectivity index is 2.04. The number of nitrogen functional groups attached to an aromatic ring is 1. The molecule has 100 valence electrons. The molecule has 0 aromatic carbocycles. The van der Waals surface area contributed by atoms with Crippen molar-refractivity contribution in [3.8, 4) is 0 Å². The summed E-state index contributed by atoms with van der Waals surface area (Å²) in [5.41, 5.74) is 2.31. The van der Waals surface area contributed by atoms with Crippen molar-refractivity contribution >= 4 is 11.8 Å². The largest absolute Gasteiger partial charge is 0.381 e. The van der Waals surface area contributed by atoms with Gasteiger partial charge in [0.1, 0.15) is 0 Å². The molecule has 1 aromatic rings. The molecule has 2 heterocycles. The first-order chi connectivity index (χ1) is 8.70. The Hall–Kier alpha value is -1.47. The standard InChI is InChI=1S/C11H18FN5O/c1-17(6-8-3-2-4-18-7-8)10-9(12)5-14-11(15-10)16-13/h5,8H,2-4,6-7,13H2,1H3,(H,14,15,16). The molecular formula is C11H18FN5O. The summed E-state index contributed by atoms with van der Waals surface area (Å²) in [5.74, 6) is 5.64. The van der Waals surface area contributed by atoms with Crippen LogP contribution in [0.4, 0.5) is 16.2 Å². The van der Waals surface area contributed by atoms with E-state index < -0.39 is 5.82 Å². The van der Waals surface area contributed by atoms with Gasteiger partial charge in [-0.05, 0) is 18.8 Å². The molecule has 3 N–H and O–H groups in total. The number of hydrogen-bond donors (Lipinski definition) is 2. The minimum absolute atomic E-state index is 0.207. The van der Waals surface area contributed by atoms with Gasteiger partial charge in [-0.2, -0.15) is 4.98 Å². The van der Waals surface area contributed by atoms with E-state index in [2.05, 4.69) is 15.4 Å². The van der Waals surface area contributed by atoms with E-state index in [1.807, 2.05) is 0 Å². The number of halogens is 1. The minimum Gasteiger partial charge on any atom is -0.381 e. The van der Waals surface area contributed by atoms with Crippen LogP contribution in [0.15, 0.2) is 6.20 Å². The van der Waals surface area contributed by atoms with Gasteiger partial charge in [-0.3, -0.25) is 5.43 Å². The zero-order chi connectivity index (χ0) is 13.0. The summed E-state index contributed by atoms with van der Waals surface area (Å²) in [6.45, 7) is 2.25. The van der Waals surface area contributed by atoms with Gasteiger partial charge in [-0.15, -0.1) is 0 Å². The van der Waals surface area contributed by atoms with Crippen molar-refractivity contribution in [2.45, 2.75) is 12.8 Å². The lowest BCUT2D eigenvalue weighted by atomic mass is 10.0. The lowest BCUT2D eigenvalue weighted by Gasteiger charge is -2.27. The number of ether oxygens (including phenoxy) is 1. The van der Waals surface area contributed by atoms with Crippen LogP contribution in [0.3, 0.4) is 0 Å². The van der Waals surface area contributed by atoms with Crippen LogP contribution in [-0.4, -0.2) is 36.8 Å². The molecule has 1 aromatic heterocycles. The van der Waals surface area contributed by atoms with E-state index >= 15 is 0 Å². The van der Waals surface area contributed by atoms with Crippen LogP contribution in [0.5, 0.6) is 0 Å². The first-order valence-electron chi connectivity index (χ1n) is 5.98. The Morgan fingerprint density at radius 3 is 3.17 bits per heavy atom. The van der Waals surface area contributed by atoms with Gasteiger partial charge in [-0.1, -0.05) is 0 Å². The molecule has 1 saturated heterocycles. The summed E-state index contributed by atoms with van der Waals surface area (Å²) < 4.78 is 19.1. The molecule has 1 aliphatic rings. The van der Waals surface area contributed by atoms with Gasteiger partial charge in [0, 0.05) is 20.2 Å². The quantitative estimate of drug-likeness (QED) is 0.611. The molecule has 2 rings (SSSR count). The van der Waals surface area contributed by atoms with Crippen molar-refractivity contribution in [2.75, 3.05) is 37.1 Å². The van der Waals surface area contributed by atoms with Crippen molar-refractivity contribution < 1.29 is 9.13 Å². The third-order valence-corrected chi connectivity index (χ3v) is 3.00. The predicted octanol–water partition coefficient (Wildman–Crippen LogP) is 0.764. The van der Waals surface area contributed by atoms with Gasteiger partial charge in [0.25, 0.3) is 0 Å². The minimum atomic E-state index is -0.451. The predicted molar refractivity (Wildman–Crippen MR) is 66.6 cm³/mol. The van der Waals surface area contributed by atoms with Crippen LogP contribution in [0, 0.1) is 11.7 Å². The number of hydrazine groups is 1. The average Bonchev–Trinajstić information content (AvgIpc) is 2.40. The fraction of sp³-hybridized carbons (Fsp3) is 0.636. The number of anilines is 2. The molecule has 1 fully saturated rings. The monoisotopic (exact) mass is 255 g/mol. The van der Waals surface area contributed by atoms with E-state index in [-0.39, 0.29) is 11.8 Å². The SMILES string of the molecule is CN(CC1CCCOC1)c1nc(NN)ncc1F. The number of hydrogen-bond acceptors (Lipinski definition) is 6. The zero-order valence-electron chi connectivity index (χ0n) is 10.4. The Morgan fingerprint density at radius 2 is 2.50 bits per heavy atom. The van der Waals surface area contributed by atoms with Crippen LogP contribution in [0.25, 0.3) is 0 Å². The lowest BCUT2D eigenvalue weighted by Crippen LogP contribution is -2.32. The first-order valence-corrected chi connectivity index (χ1v) is 5.98. The Kier molecular flexibility index (Phi) is 4.27. The van der Waals surface area contributed by atoms with Crippen molar-refractivity contribution in [3.05, 3.63) is 12.0 Å². The van der Waals surface area contributed by atoms with Gasteiger partial charge < -0.3 is 9.64 Å². The van der Waals surface area contributed by atoms with Gasteiger partial charge in [0.05, 0.1) is 12.8 Å².